The van der Waals surface area contributed by atoms with E-state index in [1.807, 2.05) is 19.1 Å². The Labute approximate surface area is 204 Å². The largest absolute Gasteiger partial charge is 0.477 e. The van der Waals surface area contributed by atoms with Crippen molar-refractivity contribution in [3.63, 3.8) is 0 Å². The number of pyridine rings is 4. The summed E-state index contributed by atoms with van der Waals surface area (Å²) in [5.74, 6) is -1.55. The van der Waals surface area contributed by atoms with Crippen molar-refractivity contribution in [2.24, 2.45) is 11.7 Å². The molecule has 0 amide bonds. The lowest BCUT2D eigenvalue weighted by molar-refractivity contribution is 0.0695. The lowest BCUT2D eigenvalue weighted by atomic mass is 10.1. The van der Waals surface area contributed by atoms with E-state index in [0.29, 0.717) is 24.4 Å². The molecular formula is C25H25FN6O4. The van der Waals surface area contributed by atoms with Crippen LogP contribution in [-0.4, -0.2) is 49.7 Å². The maximum Gasteiger partial charge on any atom is 0.341 e. The number of H-pyrrole nitrogens is 1. The number of nitrogens with one attached hydrogen (secondary N) is 1. The molecule has 10 nitrogen and oxygen atoms in total. The van der Waals surface area contributed by atoms with Crippen LogP contribution in [0.2, 0.25) is 0 Å². The minimum atomic E-state index is -1.31. The van der Waals surface area contributed by atoms with E-state index in [4.69, 9.17) is 5.73 Å². The maximum absolute atomic E-state index is 14.6. The first-order valence-electron chi connectivity index (χ1n) is 11.7. The van der Waals surface area contributed by atoms with Gasteiger partial charge in [-0.1, -0.05) is 6.92 Å². The van der Waals surface area contributed by atoms with Gasteiger partial charge in [0.15, 0.2) is 11.6 Å². The minimum absolute atomic E-state index is 0.00425. The van der Waals surface area contributed by atoms with E-state index in [1.165, 1.54) is 12.3 Å². The summed E-state index contributed by atoms with van der Waals surface area (Å²) in [6, 6.07) is 8.13. The molecule has 186 valence electrons. The predicted molar refractivity (Wildman–Crippen MR) is 133 cm³/mol. The van der Waals surface area contributed by atoms with Gasteiger partial charge in [-0.2, -0.15) is 0 Å². The number of nitrogens with two attached hydrogens (primary N) is 1. The summed E-state index contributed by atoms with van der Waals surface area (Å²) in [5, 5.41) is 10.2. The number of rotatable bonds is 3. The van der Waals surface area contributed by atoms with Crippen molar-refractivity contribution in [3.8, 4) is 0 Å². The number of carboxylic acids is 1. The fraction of sp³-hybridized carbons (Fsp3) is 0.320. The van der Waals surface area contributed by atoms with Gasteiger partial charge in [-0.15, -0.1) is 0 Å². The second kappa shape index (κ2) is 9.15. The first-order chi connectivity index (χ1) is 17.2. The lowest BCUT2D eigenvalue weighted by Crippen LogP contribution is -2.29. The Morgan fingerprint density at radius 3 is 2.67 bits per heavy atom. The molecule has 2 aliphatic rings. The van der Waals surface area contributed by atoms with Gasteiger partial charge in [0.2, 0.25) is 11.0 Å². The first-order valence-corrected chi connectivity index (χ1v) is 11.7. The molecule has 4 aromatic rings. The normalized spacial score (nSPS) is 19.4. The molecule has 1 saturated carbocycles. The van der Waals surface area contributed by atoms with Gasteiger partial charge in [0, 0.05) is 49.0 Å². The molecule has 2 atom stereocenters. The van der Waals surface area contributed by atoms with Gasteiger partial charge in [0.05, 0.1) is 5.39 Å². The SMILES string of the molecule is CC1CN(c2nc3c(cc2F)c(=O)c(C(=O)O)cn3C2CC2)CC1N.O=c1ccc2cccnc2[nH]1. The van der Waals surface area contributed by atoms with Crippen LogP contribution in [0.1, 0.15) is 36.2 Å². The van der Waals surface area contributed by atoms with Gasteiger partial charge < -0.3 is 25.3 Å². The van der Waals surface area contributed by atoms with Crippen LogP contribution in [0.15, 0.2) is 52.3 Å². The smallest absolute Gasteiger partial charge is 0.341 e. The third kappa shape index (κ3) is 4.44. The zero-order valence-electron chi connectivity index (χ0n) is 19.5. The molecule has 11 heteroatoms. The molecule has 36 heavy (non-hydrogen) atoms. The van der Waals surface area contributed by atoms with Crippen LogP contribution in [-0.2, 0) is 0 Å². The Balaban J connectivity index is 0.000000202. The average molecular weight is 493 g/mol. The molecule has 0 spiro atoms. The molecular weight excluding hydrogens is 467 g/mol. The Kier molecular flexibility index (Phi) is 6.00. The monoisotopic (exact) mass is 492 g/mol. The standard InChI is InChI=1S/C17H19FN4O3.C8H6N2O/c1-8-5-21(7-13(8)19)16-12(18)4-10-14(23)11(17(24)25)6-22(9-2-3-9)15(10)20-16;11-7-4-3-6-2-1-5-9-8(6)10-7/h4,6,8-9,13H,2-3,5,7,19H2,1H3,(H,24,25);1-5H,(H,9,10,11). The van der Waals surface area contributed by atoms with Crippen LogP contribution in [0, 0.1) is 11.7 Å². The van der Waals surface area contributed by atoms with Crippen molar-refractivity contribution < 1.29 is 14.3 Å². The highest BCUT2D eigenvalue weighted by Crippen LogP contribution is 2.37. The number of halogens is 1. The number of carboxylic acid groups (broad SMARTS) is 1. The summed E-state index contributed by atoms with van der Waals surface area (Å²) < 4.78 is 16.3. The number of aromatic amines is 1. The first kappa shape index (κ1) is 23.6. The van der Waals surface area contributed by atoms with Gasteiger partial charge in [-0.05, 0) is 43.0 Å². The van der Waals surface area contributed by atoms with Crippen molar-refractivity contribution in [2.45, 2.75) is 31.8 Å². The van der Waals surface area contributed by atoms with Crippen molar-refractivity contribution in [2.75, 3.05) is 18.0 Å². The molecule has 1 aliphatic carbocycles. The molecule has 0 aromatic carbocycles. The summed E-state index contributed by atoms with van der Waals surface area (Å²) in [6.07, 6.45) is 4.75. The Morgan fingerprint density at radius 2 is 2.00 bits per heavy atom. The fourth-order valence-corrected chi connectivity index (χ4v) is 4.39. The van der Waals surface area contributed by atoms with Crippen LogP contribution < -0.4 is 21.6 Å². The molecule has 4 aromatic heterocycles. The topological polar surface area (TPSA) is 147 Å². The van der Waals surface area contributed by atoms with Crippen LogP contribution in [0.3, 0.4) is 0 Å². The highest BCUT2D eigenvalue weighted by Gasteiger charge is 2.32. The number of carbonyl (C=O) groups is 1. The summed E-state index contributed by atoms with van der Waals surface area (Å²) in [7, 11) is 0. The highest BCUT2D eigenvalue weighted by molar-refractivity contribution is 5.92. The van der Waals surface area contributed by atoms with E-state index in [-0.39, 0.29) is 40.3 Å². The molecule has 5 heterocycles. The predicted octanol–water partition coefficient (Wildman–Crippen LogP) is 2.28. The molecule has 6 rings (SSSR count). The fourth-order valence-electron chi connectivity index (χ4n) is 4.39. The number of aromatic carboxylic acids is 1. The summed E-state index contributed by atoms with van der Waals surface area (Å²) in [4.78, 5) is 47.4. The second-order valence-corrected chi connectivity index (χ2v) is 9.29. The molecule has 4 N–H and O–H groups in total. The van der Waals surface area contributed by atoms with Crippen LogP contribution in [0.5, 0.6) is 0 Å². The maximum atomic E-state index is 14.6. The molecule has 0 bridgehead atoms. The van der Waals surface area contributed by atoms with Crippen LogP contribution in [0.25, 0.3) is 22.1 Å². The van der Waals surface area contributed by atoms with Gasteiger partial charge in [0.1, 0.15) is 16.9 Å². The number of aromatic nitrogens is 4. The van der Waals surface area contributed by atoms with E-state index in [1.54, 1.807) is 21.7 Å². The Bertz CT molecular complexity index is 1590. The van der Waals surface area contributed by atoms with Gasteiger partial charge in [-0.3, -0.25) is 9.59 Å². The van der Waals surface area contributed by atoms with Gasteiger partial charge in [0.25, 0.3) is 0 Å². The summed E-state index contributed by atoms with van der Waals surface area (Å²) in [5.41, 5.74) is 5.82. The Hall–Kier alpha value is -4.12. The number of fused-ring (bicyclic) bond motifs is 2. The van der Waals surface area contributed by atoms with Gasteiger partial charge >= 0.3 is 5.97 Å². The zero-order valence-corrected chi connectivity index (χ0v) is 19.5. The molecule has 2 fully saturated rings. The summed E-state index contributed by atoms with van der Waals surface area (Å²) in [6.45, 7) is 3.10. The average Bonchev–Trinajstić information content (AvgIpc) is 3.64. The third-order valence-corrected chi connectivity index (χ3v) is 6.57. The number of anilines is 1. The number of hydrogen-bond donors (Lipinski definition) is 3. The lowest BCUT2D eigenvalue weighted by Gasteiger charge is -2.19. The number of nitrogens with zero attached hydrogens (tertiary/aromatic N) is 4. The molecule has 2 unspecified atom stereocenters. The quantitative estimate of drug-likeness (QED) is 0.395. The number of hydrogen-bond acceptors (Lipinski definition) is 7. The van der Waals surface area contributed by atoms with Crippen LogP contribution >= 0.6 is 0 Å². The van der Waals surface area contributed by atoms with Crippen molar-refractivity contribution in [1.82, 2.24) is 19.5 Å². The minimum Gasteiger partial charge on any atom is -0.477 e. The van der Waals surface area contributed by atoms with Gasteiger partial charge in [-0.25, -0.2) is 19.2 Å². The van der Waals surface area contributed by atoms with E-state index in [0.717, 1.165) is 24.3 Å². The Morgan fingerprint density at radius 1 is 1.22 bits per heavy atom. The van der Waals surface area contributed by atoms with E-state index in [9.17, 15) is 23.9 Å². The van der Waals surface area contributed by atoms with Crippen molar-refractivity contribution >= 4 is 33.9 Å². The van der Waals surface area contributed by atoms with Crippen molar-refractivity contribution in [1.29, 1.82) is 0 Å². The summed E-state index contributed by atoms with van der Waals surface area (Å²) >= 11 is 0. The van der Waals surface area contributed by atoms with E-state index < -0.39 is 17.2 Å². The van der Waals surface area contributed by atoms with Crippen molar-refractivity contribution in [3.05, 3.63) is 74.7 Å². The second-order valence-electron chi connectivity index (χ2n) is 9.29. The zero-order chi connectivity index (χ0) is 25.6. The van der Waals surface area contributed by atoms with Crippen LogP contribution in [0.4, 0.5) is 10.2 Å². The highest BCUT2D eigenvalue weighted by atomic mass is 19.1. The van der Waals surface area contributed by atoms with E-state index >= 15 is 0 Å². The molecule has 0 radical (unpaired) electrons. The molecule has 1 saturated heterocycles. The third-order valence-electron chi connectivity index (χ3n) is 6.57. The van der Waals surface area contributed by atoms with E-state index in [2.05, 4.69) is 15.0 Å². The molecule has 1 aliphatic heterocycles.